The molecule has 11 heteroatoms. The lowest BCUT2D eigenvalue weighted by molar-refractivity contribution is -0.141. The molecule has 2 aromatic carbocycles. The molecule has 1 N–H and O–H groups in total. The van der Waals surface area contributed by atoms with Gasteiger partial charge < -0.3 is 10.1 Å². The zero-order valence-electron chi connectivity index (χ0n) is 17.3. The Hall–Kier alpha value is -3.89. The van der Waals surface area contributed by atoms with Crippen LogP contribution in [0.15, 0.2) is 78.1 Å². The molecular formula is C23H17F6N3O2. The molecule has 3 rings (SSSR count). The van der Waals surface area contributed by atoms with Gasteiger partial charge in [0.2, 0.25) is 0 Å². The standard InChI is InChI=1S/C23H17F6N3O2/c24-22(25,26)17-8-6-15(7-9-17)12-13-32(18-10-11-19(30-14-18)23(27,28)29)21(33)20(31-34)16-4-2-1-3-5-16/h1-11,14,34H,12-13H2/b31-20-. The molecule has 0 aliphatic carbocycles. The van der Waals surface area contributed by atoms with Crippen molar-refractivity contribution in [2.45, 2.75) is 18.8 Å². The first-order chi connectivity index (χ1) is 16.0. The van der Waals surface area contributed by atoms with Crippen molar-refractivity contribution >= 4 is 17.3 Å². The normalized spacial score (nSPS) is 12.5. The van der Waals surface area contributed by atoms with Crippen molar-refractivity contribution in [3.63, 3.8) is 0 Å². The number of pyridine rings is 1. The number of alkyl halides is 6. The predicted molar refractivity (Wildman–Crippen MR) is 112 cm³/mol. The van der Waals surface area contributed by atoms with E-state index in [0.717, 1.165) is 29.3 Å². The second kappa shape index (κ2) is 9.94. The minimum atomic E-state index is -4.69. The van der Waals surface area contributed by atoms with Crippen molar-refractivity contribution in [3.05, 3.63) is 95.3 Å². The highest BCUT2D eigenvalue weighted by molar-refractivity contribution is 6.49. The van der Waals surface area contributed by atoms with Gasteiger partial charge in [0.15, 0.2) is 5.71 Å². The Labute approximate surface area is 190 Å². The van der Waals surface area contributed by atoms with E-state index >= 15 is 0 Å². The van der Waals surface area contributed by atoms with Gasteiger partial charge in [-0.25, -0.2) is 4.98 Å². The molecule has 3 aromatic rings. The van der Waals surface area contributed by atoms with E-state index in [9.17, 15) is 36.3 Å². The number of hydrogen-bond acceptors (Lipinski definition) is 4. The van der Waals surface area contributed by atoms with Gasteiger partial charge in [0.25, 0.3) is 5.91 Å². The smallest absolute Gasteiger partial charge is 0.410 e. The monoisotopic (exact) mass is 481 g/mol. The molecule has 1 heterocycles. The van der Waals surface area contributed by atoms with Crippen molar-refractivity contribution in [2.24, 2.45) is 5.16 Å². The van der Waals surface area contributed by atoms with E-state index in [1.54, 1.807) is 18.2 Å². The molecule has 178 valence electrons. The molecule has 0 spiro atoms. The minimum absolute atomic E-state index is 0.0120. The summed E-state index contributed by atoms with van der Waals surface area (Å²) in [4.78, 5) is 17.6. The Morgan fingerprint density at radius 3 is 2.03 bits per heavy atom. The average Bonchev–Trinajstić information content (AvgIpc) is 2.80. The molecule has 0 aliphatic heterocycles. The lowest BCUT2D eigenvalue weighted by Gasteiger charge is -2.23. The lowest BCUT2D eigenvalue weighted by atomic mass is 10.1. The number of nitrogens with zero attached hydrogens (tertiary/aromatic N) is 3. The van der Waals surface area contributed by atoms with Crippen LogP contribution in [-0.2, 0) is 23.6 Å². The van der Waals surface area contributed by atoms with Gasteiger partial charge in [-0.1, -0.05) is 47.6 Å². The Bertz CT molecular complexity index is 1140. The van der Waals surface area contributed by atoms with E-state index in [1.807, 2.05) is 0 Å². The van der Waals surface area contributed by atoms with Gasteiger partial charge in [0, 0.05) is 12.1 Å². The zero-order chi connectivity index (χ0) is 24.9. The van der Waals surface area contributed by atoms with Crippen LogP contribution in [0.25, 0.3) is 0 Å². The molecule has 0 fully saturated rings. The Morgan fingerprint density at radius 1 is 0.882 bits per heavy atom. The highest BCUT2D eigenvalue weighted by atomic mass is 19.4. The van der Waals surface area contributed by atoms with Crippen molar-refractivity contribution < 1.29 is 36.3 Å². The molecule has 0 saturated heterocycles. The summed E-state index contributed by atoms with van der Waals surface area (Å²) in [7, 11) is 0. The van der Waals surface area contributed by atoms with Gasteiger partial charge in [-0.05, 0) is 36.2 Å². The maximum Gasteiger partial charge on any atom is 0.433 e. The average molecular weight is 481 g/mol. The summed E-state index contributed by atoms with van der Waals surface area (Å²) >= 11 is 0. The lowest BCUT2D eigenvalue weighted by Crippen LogP contribution is -2.39. The molecule has 0 atom stereocenters. The van der Waals surface area contributed by atoms with Crippen LogP contribution in [0, 0.1) is 0 Å². The van der Waals surface area contributed by atoms with Crippen molar-refractivity contribution in [3.8, 4) is 0 Å². The Balaban J connectivity index is 1.91. The Kier molecular flexibility index (Phi) is 7.23. The number of carbonyl (C=O) groups excluding carboxylic acids is 1. The summed E-state index contributed by atoms with van der Waals surface area (Å²) in [6, 6.07) is 13.9. The first kappa shape index (κ1) is 24.7. The molecule has 34 heavy (non-hydrogen) atoms. The second-order valence-electron chi connectivity index (χ2n) is 7.12. The molecule has 0 bridgehead atoms. The van der Waals surface area contributed by atoms with Gasteiger partial charge in [-0.3, -0.25) is 4.79 Å². The molecule has 1 amide bonds. The van der Waals surface area contributed by atoms with Gasteiger partial charge >= 0.3 is 12.4 Å². The number of hydrogen-bond donors (Lipinski definition) is 1. The zero-order valence-corrected chi connectivity index (χ0v) is 17.3. The van der Waals surface area contributed by atoms with Crippen LogP contribution in [0.3, 0.4) is 0 Å². The van der Waals surface area contributed by atoms with E-state index in [-0.39, 0.29) is 29.9 Å². The highest BCUT2D eigenvalue weighted by Gasteiger charge is 2.33. The van der Waals surface area contributed by atoms with E-state index in [4.69, 9.17) is 0 Å². The van der Waals surface area contributed by atoms with E-state index in [2.05, 4.69) is 10.1 Å². The quantitative estimate of drug-likeness (QED) is 0.217. The van der Waals surface area contributed by atoms with Crippen LogP contribution in [0.1, 0.15) is 22.4 Å². The van der Waals surface area contributed by atoms with Crippen LogP contribution in [0.5, 0.6) is 0 Å². The van der Waals surface area contributed by atoms with Crippen LogP contribution in [0.2, 0.25) is 0 Å². The van der Waals surface area contributed by atoms with E-state index < -0.39 is 29.5 Å². The molecule has 1 aromatic heterocycles. The number of amides is 1. The van der Waals surface area contributed by atoms with E-state index in [1.165, 1.54) is 24.3 Å². The number of carbonyl (C=O) groups is 1. The maximum absolute atomic E-state index is 13.2. The van der Waals surface area contributed by atoms with Gasteiger partial charge in [0.1, 0.15) is 5.69 Å². The fraction of sp³-hybridized carbons (Fsp3) is 0.174. The fourth-order valence-corrected chi connectivity index (χ4v) is 3.11. The van der Waals surface area contributed by atoms with Gasteiger partial charge in [-0.15, -0.1) is 0 Å². The van der Waals surface area contributed by atoms with Gasteiger partial charge in [-0.2, -0.15) is 26.3 Å². The van der Waals surface area contributed by atoms with Crippen LogP contribution in [0.4, 0.5) is 32.0 Å². The summed E-state index contributed by atoms with van der Waals surface area (Å²) in [5, 5.41) is 12.5. The first-order valence-electron chi connectivity index (χ1n) is 9.79. The van der Waals surface area contributed by atoms with Gasteiger partial charge in [0.05, 0.1) is 17.4 Å². The molecule has 0 saturated carbocycles. The summed E-state index contributed by atoms with van der Waals surface area (Å²) < 4.78 is 77.1. The largest absolute Gasteiger partial charge is 0.433 e. The number of aromatic nitrogens is 1. The summed E-state index contributed by atoms with van der Waals surface area (Å²) in [5.74, 6) is -0.831. The number of anilines is 1. The third-order valence-electron chi connectivity index (χ3n) is 4.85. The number of rotatable bonds is 6. The number of oxime groups is 1. The predicted octanol–water partition coefficient (Wildman–Crippen LogP) is 5.57. The molecule has 0 aliphatic rings. The van der Waals surface area contributed by atoms with Crippen LogP contribution < -0.4 is 4.90 Å². The molecule has 5 nitrogen and oxygen atoms in total. The summed E-state index contributed by atoms with van der Waals surface area (Å²) in [6.07, 6.45) is -8.27. The second-order valence-corrected chi connectivity index (χ2v) is 7.12. The third-order valence-corrected chi connectivity index (χ3v) is 4.85. The first-order valence-corrected chi connectivity index (χ1v) is 9.79. The number of benzene rings is 2. The molecular weight excluding hydrogens is 464 g/mol. The molecule has 0 unspecified atom stereocenters. The Morgan fingerprint density at radius 2 is 1.53 bits per heavy atom. The topological polar surface area (TPSA) is 65.8 Å². The third kappa shape index (κ3) is 5.91. The van der Waals surface area contributed by atoms with Crippen LogP contribution >= 0.6 is 0 Å². The van der Waals surface area contributed by atoms with Crippen molar-refractivity contribution in [1.29, 1.82) is 0 Å². The van der Waals surface area contributed by atoms with E-state index in [0.29, 0.717) is 11.6 Å². The van der Waals surface area contributed by atoms with Crippen molar-refractivity contribution in [1.82, 2.24) is 4.98 Å². The molecule has 0 radical (unpaired) electrons. The minimum Gasteiger partial charge on any atom is -0.410 e. The van der Waals surface area contributed by atoms with Crippen LogP contribution in [-0.4, -0.2) is 28.4 Å². The van der Waals surface area contributed by atoms with Crippen molar-refractivity contribution in [2.75, 3.05) is 11.4 Å². The summed E-state index contributed by atoms with van der Waals surface area (Å²) in [6.45, 7) is -0.136. The SMILES string of the molecule is O=C(/C(=N\O)c1ccccc1)N(CCc1ccc(C(F)(F)F)cc1)c1ccc(C(F)(F)F)nc1. The highest BCUT2D eigenvalue weighted by Crippen LogP contribution is 2.30. The maximum atomic E-state index is 13.2. The fourth-order valence-electron chi connectivity index (χ4n) is 3.11. The summed E-state index contributed by atoms with van der Waals surface area (Å²) in [5.41, 5.74) is -1.67. The number of halogens is 6.